The van der Waals surface area contributed by atoms with Crippen LogP contribution in [0.15, 0.2) is 64.8 Å². The number of nitrogens with two attached hydrogens (primary N) is 2. The van der Waals surface area contributed by atoms with E-state index in [0.717, 1.165) is 17.8 Å². The topological polar surface area (TPSA) is 171 Å². The first-order valence-electron chi connectivity index (χ1n) is 17.9. The Bertz CT molecular complexity index is 1960. The Morgan fingerprint density at radius 3 is 2.46 bits per heavy atom. The number of amides is 3. The van der Waals surface area contributed by atoms with Crippen LogP contribution in [0.1, 0.15) is 59.9 Å². The number of unbranched alkanes of at least 4 members (excludes halogenated alkanes) is 1. The molecule has 2 aromatic heterocycles. The minimum atomic E-state index is -4.75. The smallest absolute Gasteiger partial charge is 0.361 e. The molecule has 3 heterocycles. The summed E-state index contributed by atoms with van der Waals surface area (Å²) in [4.78, 5) is 51.6. The molecule has 290 valence electrons. The van der Waals surface area contributed by atoms with Crippen LogP contribution in [0.4, 0.5) is 17.6 Å². The largest absolute Gasteiger partial charge is 0.416 e. The molecule has 3 atom stereocenters. The highest BCUT2D eigenvalue weighted by Crippen LogP contribution is 2.41. The third-order valence-electron chi connectivity index (χ3n) is 9.63. The lowest BCUT2D eigenvalue weighted by Gasteiger charge is -2.32. The standard InChI is InChI=1S/C38H46F4N8O3S/c1-22-10-12-28(38(40,41)42)27-21-48-35(52)32(17-24-20-46-29-13-11-25(39)18-26(24)29)50(2)37(53)31(8-3-4-14-43)49-34(51)30(9-5-15-44)47-19-23-7-6-16-45-36(23)54-33(22)27/h6-7,10-13,16,18,20,30-32,46-47H,3-5,8-9,14-15,17,19,21,43-44H2,1-2H3,(H,48,52)(H,49,51). The van der Waals surface area contributed by atoms with Crippen molar-refractivity contribution in [1.29, 1.82) is 0 Å². The van der Waals surface area contributed by atoms with E-state index in [1.807, 2.05) is 0 Å². The van der Waals surface area contributed by atoms with Gasteiger partial charge in [-0.2, -0.15) is 13.2 Å². The van der Waals surface area contributed by atoms with Crippen molar-refractivity contribution < 1.29 is 31.9 Å². The third-order valence-corrected chi connectivity index (χ3v) is 11.0. The molecule has 54 heavy (non-hydrogen) atoms. The first kappa shape index (κ1) is 40.7. The molecule has 5 rings (SSSR count). The van der Waals surface area contributed by atoms with Crippen LogP contribution >= 0.6 is 11.8 Å². The lowest BCUT2D eigenvalue weighted by molar-refractivity contribution is -0.142. The number of halogens is 4. The van der Waals surface area contributed by atoms with Crippen molar-refractivity contribution in [1.82, 2.24) is 30.8 Å². The summed E-state index contributed by atoms with van der Waals surface area (Å²) < 4.78 is 58.2. The minimum Gasteiger partial charge on any atom is -0.361 e. The predicted molar refractivity (Wildman–Crippen MR) is 199 cm³/mol. The van der Waals surface area contributed by atoms with Gasteiger partial charge in [-0.15, -0.1) is 0 Å². The fourth-order valence-electron chi connectivity index (χ4n) is 6.60. The number of fused-ring (bicyclic) bond motifs is 3. The zero-order valence-corrected chi connectivity index (χ0v) is 31.0. The quantitative estimate of drug-likeness (QED) is 0.105. The van der Waals surface area contributed by atoms with E-state index in [-0.39, 0.29) is 29.8 Å². The molecule has 0 spiro atoms. The summed E-state index contributed by atoms with van der Waals surface area (Å²) in [6, 6.07) is 6.85. The van der Waals surface area contributed by atoms with Gasteiger partial charge in [-0.05, 0) is 105 Å². The van der Waals surface area contributed by atoms with Gasteiger partial charge in [0.1, 0.15) is 22.9 Å². The van der Waals surface area contributed by atoms with E-state index in [1.165, 1.54) is 36.3 Å². The SMILES string of the molecule is Cc1ccc(C(F)(F)F)c2c1Sc1ncccc1CNC(CCCN)C(=O)NC(CCCCN)C(=O)N(C)C(Cc1c[nH]c3ccc(F)cc13)C(=O)NC2. The van der Waals surface area contributed by atoms with Crippen LogP contribution in [0.25, 0.3) is 10.9 Å². The Morgan fingerprint density at radius 2 is 1.72 bits per heavy atom. The predicted octanol–water partition coefficient (Wildman–Crippen LogP) is 4.69. The Labute approximate surface area is 315 Å². The Balaban J connectivity index is 1.63. The number of benzene rings is 2. The van der Waals surface area contributed by atoms with Crippen molar-refractivity contribution in [2.75, 3.05) is 20.1 Å². The number of nitrogens with one attached hydrogen (secondary N) is 4. The number of nitrogens with zero attached hydrogens (tertiary/aromatic N) is 2. The molecule has 2 aromatic carbocycles. The second-order valence-electron chi connectivity index (χ2n) is 13.4. The van der Waals surface area contributed by atoms with Crippen molar-refractivity contribution in [2.45, 2.75) is 92.8 Å². The molecule has 11 nitrogen and oxygen atoms in total. The van der Waals surface area contributed by atoms with Gasteiger partial charge in [-0.3, -0.25) is 14.4 Å². The molecule has 0 saturated heterocycles. The molecule has 3 amide bonds. The molecule has 1 aliphatic rings. The fraction of sp³-hybridized carbons (Fsp3) is 0.421. The Kier molecular flexibility index (Phi) is 13.7. The minimum absolute atomic E-state index is 0.111. The highest BCUT2D eigenvalue weighted by atomic mass is 32.2. The van der Waals surface area contributed by atoms with Crippen molar-refractivity contribution in [3.8, 4) is 0 Å². The molecular formula is C38H46F4N8O3S. The number of carbonyl (C=O) groups is 3. The Hall–Kier alpha value is -4.51. The van der Waals surface area contributed by atoms with Gasteiger partial charge < -0.3 is 37.3 Å². The van der Waals surface area contributed by atoms with E-state index < -0.39 is 59.9 Å². The molecule has 0 bridgehead atoms. The molecule has 16 heteroatoms. The van der Waals surface area contributed by atoms with Crippen LogP contribution in [0.2, 0.25) is 0 Å². The van der Waals surface area contributed by atoms with Crippen LogP contribution in [-0.2, 0) is 40.1 Å². The second-order valence-corrected chi connectivity index (χ2v) is 14.4. The number of aromatic amines is 1. The van der Waals surface area contributed by atoms with Gasteiger partial charge >= 0.3 is 6.18 Å². The normalized spacial score (nSPS) is 19.2. The summed E-state index contributed by atoms with van der Waals surface area (Å²) in [7, 11) is 1.42. The van der Waals surface area contributed by atoms with E-state index in [4.69, 9.17) is 11.5 Å². The summed E-state index contributed by atoms with van der Waals surface area (Å²) in [6.45, 7) is 1.98. The molecule has 1 aliphatic heterocycles. The van der Waals surface area contributed by atoms with Crippen LogP contribution in [0, 0.1) is 12.7 Å². The van der Waals surface area contributed by atoms with Gasteiger partial charge in [-0.1, -0.05) is 23.9 Å². The number of aryl methyl sites for hydroxylation is 1. The summed E-state index contributed by atoms with van der Waals surface area (Å²) >= 11 is 1.04. The van der Waals surface area contributed by atoms with Gasteiger partial charge in [-0.25, -0.2) is 9.37 Å². The van der Waals surface area contributed by atoms with Crippen LogP contribution < -0.4 is 27.4 Å². The second kappa shape index (κ2) is 18.2. The number of carbonyl (C=O) groups excluding carboxylic acids is 3. The first-order chi connectivity index (χ1) is 25.8. The number of hydrogen-bond acceptors (Lipinski definition) is 8. The monoisotopic (exact) mass is 770 g/mol. The van der Waals surface area contributed by atoms with E-state index in [1.54, 1.807) is 31.3 Å². The van der Waals surface area contributed by atoms with Gasteiger partial charge in [0, 0.05) is 54.8 Å². The van der Waals surface area contributed by atoms with E-state index >= 15 is 0 Å². The zero-order chi connectivity index (χ0) is 39.0. The van der Waals surface area contributed by atoms with Crippen LogP contribution in [0.5, 0.6) is 0 Å². The number of alkyl halides is 3. The van der Waals surface area contributed by atoms with Crippen LogP contribution in [0.3, 0.4) is 0 Å². The third kappa shape index (κ3) is 9.77. The number of hydrogen-bond donors (Lipinski definition) is 6. The van der Waals surface area contributed by atoms with E-state index in [0.29, 0.717) is 71.4 Å². The summed E-state index contributed by atoms with van der Waals surface area (Å²) in [6.07, 6.45) is 0.386. The van der Waals surface area contributed by atoms with Crippen molar-refractivity contribution in [3.63, 3.8) is 0 Å². The van der Waals surface area contributed by atoms with Crippen LogP contribution in [-0.4, -0.2) is 70.9 Å². The molecule has 3 unspecified atom stereocenters. The van der Waals surface area contributed by atoms with Gasteiger partial charge in [0.15, 0.2) is 0 Å². The number of aromatic nitrogens is 2. The van der Waals surface area contributed by atoms with E-state index in [2.05, 4.69) is 25.9 Å². The first-order valence-corrected chi connectivity index (χ1v) is 18.7. The van der Waals surface area contributed by atoms with Crippen molar-refractivity contribution >= 4 is 40.4 Å². The average molecular weight is 771 g/mol. The lowest BCUT2D eigenvalue weighted by atomic mass is 10.00. The average Bonchev–Trinajstić information content (AvgIpc) is 3.53. The fourth-order valence-corrected chi connectivity index (χ4v) is 7.72. The van der Waals surface area contributed by atoms with Gasteiger partial charge in [0.25, 0.3) is 0 Å². The number of rotatable bonds is 9. The summed E-state index contributed by atoms with van der Waals surface area (Å²) in [5.41, 5.74) is 12.8. The molecule has 4 aromatic rings. The highest BCUT2D eigenvalue weighted by Gasteiger charge is 2.37. The zero-order valence-electron chi connectivity index (χ0n) is 30.2. The number of pyridine rings is 1. The van der Waals surface area contributed by atoms with Gasteiger partial charge in [0.2, 0.25) is 17.7 Å². The Morgan fingerprint density at radius 1 is 0.963 bits per heavy atom. The lowest BCUT2D eigenvalue weighted by Crippen LogP contribution is -2.57. The maximum Gasteiger partial charge on any atom is 0.416 e. The van der Waals surface area contributed by atoms with Crippen molar-refractivity contribution in [3.05, 3.63) is 88.5 Å². The van der Waals surface area contributed by atoms with E-state index in [9.17, 15) is 31.9 Å². The molecule has 8 N–H and O–H groups in total. The number of likely N-dealkylation sites (N-methyl/N-ethyl adjacent to an activating group) is 1. The van der Waals surface area contributed by atoms with Gasteiger partial charge in [0.05, 0.1) is 11.6 Å². The highest BCUT2D eigenvalue weighted by molar-refractivity contribution is 7.99. The maximum absolute atomic E-state index is 14.6. The number of H-pyrrole nitrogens is 1. The summed E-state index contributed by atoms with van der Waals surface area (Å²) in [5.74, 6) is -2.27. The maximum atomic E-state index is 14.6. The molecule has 0 radical (unpaired) electrons. The molecular weight excluding hydrogens is 725 g/mol. The molecule has 0 fully saturated rings. The molecule has 0 aliphatic carbocycles. The summed E-state index contributed by atoms with van der Waals surface area (Å²) in [5, 5.41) is 9.76. The molecule has 0 saturated carbocycles. The van der Waals surface area contributed by atoms with Crippen molar-refractivity contribution in [2.24, 2.45) is 11.5 Å².